The molecule has 23 heavy (non-hydrogen) atoms. The van der Waals surface area contributed by atoms with Crippen molar-refractivity contribution in [2.45, 2.75) is 39.8 Å². The van der Waals surface area contributed by atoms with Gasteiger partial charge in [-0.3, -0.25) is 4.79 Å². The Bertz CT molecular complexity index is 854. The summed E-state index contributed by atoms with van der Waals surface area (Å²) in [6.07, 6.45) is 0.747. The van der Waals surface area contributed by atoms with Crippen LogP contribution in [0.5, 0.6) is 0 Å². The Hall–Kier alpha value is -2.21. The van der Waals surface area contributed by atoms with Crippen molar-refractivity contribution < 1.29 is 0 Å². The van der Waals surface area contributed by atoms with Gasteiger partial charge in [0, 0.05) is 24.3 Å². The molecule has 0 saturated carbocycles. The third-order valence-corrected chi connectivity index (χ3v) is 4.66. The van der Waals surface area contributed by atoms with E-state index < -0.39 is 0 Å². The summed E-state index contributed by atoms with van der Waals surface area (Å²) < 4.78 is 1.40. The zero-order chi connectivity index (χ0) is 16.4. The number of hydrogen-bond donors (Lipinski definition) is 0. The number of aromatic nitrogens is 3. The van der Waals surface area contributed by atoms with Crippen LogP contribution in [0.25, 0.3) is 4.96 Å². The van der Waals surface area contributed by atoms with Crippen LogP contribution in [0.1, 0.15) is 32.0 Å². The van der Waals surface area contributed by atoms with Crippen molar-refractivity contribution in [1.82, 2.24) is 14.6 Å². The molecule has 0 spiro atoms. The highest BCUT2D eigenvalue weighted by molar-refractivity contribution is 7.20. The number of anilines is 1. The molecule has 3 aromatic rings. The number of rotatable bonds is 5. The lowest BCUT2D eigenvalue weighted by molar-refractivity contribution is 0.671. The van der Waals surface area contributed by atoms with Crippen molar-refractivity contribution in [3.63, 3.8) is 0 Å². The Labute approximate surface area is 139 Å². The highest BCUT2D eigenvalue weighted by Crippen LogP contribution is 2.25. The van der Waals surface area contributed by atoms with E-state index in [-0.39, 0.29) is 11.6 Å². The van der Waals surface area contributed by atoms with Gasteiger partial charge in [-0.1, -0.05) is 48.6 Å². The molecule has 0 atom stereocenters. The molecule has 0 N–H and O–H groups in total. The molecule has 0 aliphatic heterocycles. The van der Waals surface area contributed by atoms with Crippen LogP contribution in [-0.4, -0.2) is 20.6 Å². The summed E-state index contributed by atoms with van der Waals surface area (Å²) >= 11 is 1.46. The molecule has 6 heteroatoms. The van der Waals surface area contributed by atoms with Crippen LogP contribution in [0.2, 0.25) is 0 Å². The lowest BCUT2D eigenvalue weighted by Crippen LogP contribution is -2.30. The monoisotopic (exact) mass is 328 g/mol. The molecule has 0 aliphatic carbocycles. The molecule has 0 fully saturated rings. The first kappa shape index (κ1) is 15.7. The molecule has 2 heterocycles. The topological polar surface area (TPSA) is 50.5 Å². The SMILES string of the molecule is CCc1cc(=O)n2nc(N(Cc3ccccc3)C(C)C)sc2n1. The number of nitrogens with zero attached hydrogens (tertiary/aromatic N) is 4. The van der Waals surface area contributed by atoms with Crippen LogP contribution in [0, 0.1) is 0 Å². The Morgan fingerprint density at radius 2 is 2.00 bits per heavy atom. The predicted octanol–water partition coefficient (Wildman–Crippen LogP) is 3.13. The fourth-order valence-electron chi connectivity index (χ4n) is 2.39. The minimum absolute atomic E-state index is 0.113. The average Bonchev–Trinajstić information content (AvgIpc) is 2.97. The van der Waals surface area contributed by atoms with E-state index in [4.69, 9.17) is 0 Å². The van der Waals surface area contributed by atoms with E-state index in [9.17, 15) is 4.79 Å². The third kappa shape index (κ3) is 3.27. The summed E-state index contributed by atoms with van der Waals surface area (Å²) in [6, 6.07) is 12.1. The molecule has 5 nitrogen and oxygen atoms in total. The van der Waals surface area contributed by atoms with Crippen molar-refractivity contribution in [2.75, 3.05) is 4.90 Å². The van der Waals surface area contributed by atoms with Gasteiger partial charge in [0.25, 0.3) is 5.56 Å². The molecule has 3 rings (SSSR count). The second-order valence-electron chi connectivity index (χ2n) is 5.73. The zero-order valence-corrected chi connectivity index (χ0v) is 14.4. The van der Waals surface area contributed by atoms with Gasteiger partial charge in [-0.25, -0.2) is 4.98 Å². The molecule has 120 valence electrons. The van der Waals surface area contributed by atoms with Crippen LogP contribution in [-0.2, 0) is 13.0 Å². The molecule has 0 unspecified atom stereocenters. The van der Waals surface area contributed by atoms with Gasteiger partial charge in [0.2, 0.25) is 10.1 Å². The smallest absolute Gasteiger partial charge is 0.275 e. The van der Waals surface area contributed by atoms with Gasteiger partial charge in [-0.05, 0) is 25.8 Å². The van der Waals surface area contributed by atoms with Crippen molar-refractivity contribution >= 4 is 21.4 Å². The van der Waals surface area contributed by atoms with E-state index in [1.165, 1.54) is 21.4 Å². The number of benzene rings is 1. The number of hydrogen-bond acceptors (Lipinski definition) is 5. The summed E-state index contributed by atoms with van der Waals surface area (Å²) in [4.78, 5) is 19.5. The first-order chi connectivity index (χ1) is 11.1. The highest BCUT2D eigenvalue weighted by Gasteiger charge is 2.17. The summed E-state index contributed by atoms with van der Waals surface area (Å²) in [5.74, 6) is 0. The maximum atomic E-state index is 12.2. The predicted molar refractivity (Wildman–Crippen MR) is 94.3 cm³/mol. The normalized spacial score (nSPS) is 11.3. The van der Waals surface area contributed by atoms with E-state index in [0.29, 0.717) is 4.96 Å². The van der Waals surface area contributed by atoms with Crippen molar-refractivity contribution in [2.24, 2.45) is 0 Å². The lowest BCUT2D eigenvalue weighted by Gasteiger charge is -2.25. The quantitative estimate of drug-likeness (QED) is 0.722. The Balaban J connectivity index is 2.01. The van der Waals surface area contributed by atoms with E-state index in [1.807, 2.05) is 25.1 Å². The first-order valence-electron chi connectivity index (χ1n) is 7.79. The van der Waals surface area contributed by atoms with Gasteiger partial charge in [-0.15, -0.1) is 5.10 Å². The standard InChI is InChI=1S/C17H20N4OS/c1-4-14-10-15(22)21-16(18-14)23-17(19-21)20(12(2)3)11-13-8-6-5-7-9-13/h5-10,12H,4,11H2,1-3H3. The molecule has 1 aromatic carbocycles. The Morgan fingerprint density at radius 1 is 1.26 bits per heavy atom. The number of aryl methyl sites for hydroxylation is 1. The molecular formula is C17H20N4OS. The third-order valence-electron chi connectivity index (χ3n) is 3.71. The maximum absolute atomic E-state index is 12.2. The summed E-state index contributed by atoms with van der Waals surface area (Å²) in [5.41, 5.74) is 1.91. The lowest BCUT2D eigenvalue weighted by atomic mass is 10.2. The minimum atomic E-state index is -0.113. The fourth-order valence-corrected chi connectivity index (χ4v) is 3.45. The van der Waals surface area contributed by atoms with Crippen molar-refractivity contribution in [1.29, 1.82) is 0 Å². The van der Waals surface area contributed by atoms with Crippen molar-refractivity contribution in [3.05, 3.63) is 58.0 Å². The summed E-state index contributed by atoms with van der Waals surface area (Å²) in [5, 5.41) is 5.31. The van der Waals surface area contributed by atoms with E-state index >= 15 is 0 Å². The summed E-state index contributed by atoms with van der Waals surface area (Å²) in [6.45, 7) is 7.01. The van der Waals surface area contributed by atoms with E-state index in [0.717, 1.165) is 23.8 Å². The van der Waals surface area contributed by atoms with Crippen LogP contribution in [0.15, 0.2) is 41.2 Å². The van der Waals surface area contributed by atoms with E-state index in [1.54, 1.807) is 6.07 Å². The minimum Gasteiger partial charge on any atom is -0.340 e. The van der Waals surface area contributed by atoms with Crippen LogP contribution < -0.4 is 10.5 Å². The Kier molecular flexibility index (Phi) is 4.43. The summed E-state index contributed by atoms with van der Waals surface area (Å²) in [7, 11) is 0. The van der Waals surface area contributed by atoms with Gasteiger partial charge in [0.1, 0.15) is 0 Å². The van der Waals surface area contributed by atoms with Gasteiger partial charge in [0.15, 0.2) is 0 Å². The molecule has 0 radical (unpaired) electrons. The molecule has 2 aromatic heterocycles. The van der Waals surface area contributed by atoms with Crippen LogP contribution in [0.4, 0.5) is 5.13 Å². The fraction of sp³-hybridized carbons (Fsp3) is 0.353. The second kappa shape index (κ2) is 6.50. The van der Waals surface area contributed by atoms with Gasteiger partial charge < -0.3 is 4.90 Å². The molecule has 0 amide bonds. The van der Waals surface area contributed by atoms with Gasteiger partial charge >= 0.3 is 0 Å². The molecule has 0 saturated heterocycles. The van der Waals surface area contributed by atoms with Gasteiger partial charge in [0.05, 0.1) is 0 Å². The van der Waals surface area contributed by atoms with Crippen LogP contribution in [0.3, 0.4) is 0 Å². The highest BCUT2D eigenvalue weighted by atomic mass is 32.1. The van der Waals surface area contributed by atoms with Gasteiger partial charge in [-0.2, -0.15) is 4.52 Å². The first-order valence-corrected chi connectivity index (χ1v) is 8.60. The largest absolute Gasteiger partial charge is 0.340 e. The number of fused-ring (bicyclic) bond motifs is 1. The average molecular weight is 328 g/mol. The van der Waals surface area contributed by atoms with Crippen molar-refractivity contribution in [3.8, 4) is 0 Å². The molecular weight excluding hydrogens is 308 g/mol. The van der Waals surface area contributed by atoms with E-state index in [2.05, 4.69) is 41.0 Å². The second-order valence-corrected chi connectivity index (χ2v) is 6.66. The van der Waals surface area contributed by atoms with Crippen LogP contribution >= 0.6 is 11.3 Å². The maximum Gasteiger partial charge on any atom is 0.275 e. The molecule has 0 bridgehead atoms. The zero-order valence-electron chi connectivity index (χ0n) is 13.6. The molecule has 0 aliphatic rings. The Morgan fingerprint density at radius 3 is 2.65 bits per heavy atom.